The Morgan fingerprint density at radius 1 is 1.16 bits per heavy atom. The Kier molecular flexibility index (Phi) is 6.18. The molecule has 4 aromatic rings. The molecule has 6 rings (SSSR count). The summed E-state index contributed by atoms with van der Waals surface area (Å²) < 4.78 is 43.2. The zero-order valence-corrected chi connectivity index (χ0v) is 20.5. The fourth-order valence-electron chi connectivity index (χ4n) is 4.72. The summed E-state index contributed by atoms with van der Waals surface area (Å²) in [5, 5.41) is 6.53. The molecule has 1 amide bonds. The molecule has 0 bridgehead atoms. The predicted octanol–water partition coefficient (Wildman–Crippen LogP) is 4.76. The fraction of sp³-hybridized carbons (Fsp3) is 0.280. The van der Waals surface area contributed by atoms with Gasteiger partial charge in [0.2, 0.25) is 5.95 Å². The van der Waals surface area contributed by atoms with Gasteiger partial charge < -0.3 is 10.2 Å². The molecule has 1 saturated carbocycles. The molecule has 1 aromatic carbocycles. The highest BCUT2D eigenvalue weighted by Crippen LogP contribution is 2.45. The van der Waals surface area contributed by atoms with Crippen LogP contribution in [-0.4, -0.2) is 48.2 Å². The first-order valence-corrected chi connectivity index (χ1v) is 12.2. The Bertz CT molecular complexity index is 1510. The predicted molar refractivity (Wildman–Crippen MR) is 133 cm³/mol. The van der Waals surface area contributed by atoms with E-state index in [1.54, 1.807) is 23.3 Å². The number of fused-ring (bicyclic) bond motifs is 1. The van der Waals surface area contributed by atoms with Gasteiger partial charge in [0.05, 0.1) is 41.5 Å². The maximum Gasteiger partial charge on any atom is 0.275 e. The van der Waals surface area contributed by atoms with E-state index in [1.807, 2.05) is 0 Å². The first-order chi connectivity index (χ1) is 18.4. The average Bonchev–Trinajstić information content (AvgIpc) is 3.35. The summed E-state index contributed by atoms with van der Waals surface area (Å²) in [6, 6.07) is 2.64. The maximum atomic E-state index is 14.6. The second-order valence-corrected chi connectivity index (χ2v) is 9.64. The SMILES string of the molecule is O=C(Nc1cnn(Cc2cnc(N3CCC4CC43)nc2)c1)c1cncc(-c2c(C(F)F)ccc(Cl)c2F)n1. The molecule has 38 heavy (non-hydrogen) atoms. The molecule has 13 heteroatoms. The van der Waals surface area contributed by atoms with E-state index in [-0.39, 0.29) is 16.4 Å². The van der Waals surface area contributed by atoms with Crippen molar-refractivity contribution < 1.29 is 18.0 Å². The molecular formula is C25H20ClF3N8O. The lowest BCUT2D eigenvalue weighted by Gasteiger charge is -2.17. The minimum Gasteiger partial charge on any atom is -0.338 e. The summed E-state index contributed by atoms with van der Waals surface area (Å²) in [7, 11) is 0. The summed E-state index contributed by atoms with van der Waals surface area (Å²) in [5.74, 6) is -0.199. The Morgan fingerprint density at radius 3 is 2.68 bits per heavy atom. The third-order valence-electron chi connectivity index (χ3n) is 6.70. The number of halogens is 4. The van der Waals surface area contributed by atoms with Gasteiger partial charge in [-0.25, -0.2) is 28.1 Å². The van der Waals surface area contributed by atoms with Gasteiger partial charge in [-0.15, -0.1) is 0 Å². The van der Waals surface area contributed by atoms with E-state index in [2.05, 4.69) is 35.3 Å². The van der Waals surface area contributed by atoms with Gasteiger partial charge in [-0.05, 0) is 24.8 Å². The number of nitrogens with zero attached hydrogens (tertiary/aromatic N) is 7. The molecular weight excluding hydrogens is 521 g/mol. The fourth-order valence-corrected chi connectivity index (χ4v) is 4.88. The van der Waals surface area contributed by atoms with Crippen LogP contribution in [0.5, 0.6) is 0 Å². The van der Waals surface area contributed by atoms with Crippen LogP contribution in [-0.2, 0) is 6.54 Å². The molecule has 0 spiro atoms. The Morgan fingerprint density at radius 2 is 1.97 bits per heavy atom. The van der Waals surface area contributed by atoms with Crippen molar-refractivity contribution >= 4 is 29.1 Å². The van der Waals surface area contributed by atoms with Gasteiger partial charge in [0, 0.05) is 47.9 Å². The second kappa shape index (κ2) is 9.67. The van der Waals surface area contributed by atoms with E-state index < -0.39 is 29.3 Å². The Balaban J connectivity index is 1.14. The molecule has 2 aliphatic rings. The zero-order valence-electron chi connectivity index (χ0n) is 19.7. The molecule has 3 aromatic heterocycles. The van der Waals surface area contributed by atoms with Crippen molar-refractivity contribution in [1.82, 2.24) is 29.7 Å². The van der Waals surface area contributed by atoms with Gasteiger partial charge in [0.25, 0.3) is 12.3 Å². The number of hydrogen-bond acceptors (Lipinski definition) is 7. The minimum atomic E-state index is -2.98. The number of nitrogens with one attached hydrogen (secondary N) is 1. The lowest BCUT2D eigenvalue weighted by atomic mass is 10.0. The number of alkyl halides is 2. The van der Waals surface area contributed by atoms with E-state index in [0.717, 1.165) is 48.5 Å². The normalized spacial score (nSPS) is 18.1. The molecule has 1 aliphatic carbocycles. The molecule has 1 N–H and O–H groups in total. The molecule has 2 unspecified atom stereocenters. The monoisotopic (exact) mass is 540 g/mol. The van der Waals surface area contributed by atoms with Crippen molar-refractivity contribution in [1.29, 1.82) is 0 Å². The molecule has 2 fully saturated rings. The number of amides is 1. The number of anilines is 2. The number of aromatic nitrogens is 6. The van der Waals surface area contributed by atoms with E-state index in [1.165, 1.54) is 19.0 Å². The molecule has 1 aliphatic heterocycles. The Hall–Kier alpha value is -4.06. The third kappa shape index (κ3) is 4.67. The van der Waals surface area contributed by atoms with Crippen LogP contribution in [0.2, 0.25) is 5.02 Å². The largest absolute Gasteiger partial charge is 0.338 e. The van der Waals surface area contributed by atoms with Crippen molar-refractivity contribution in [3.63, 3.8) is 0 Å². The van der Waals surface area contributed by atoms with Crippen molar-refractivity contribution in [2.45, 2.75) is 31.9 Å². The van der Waals surface area contributed by atoms with Gasteiger partial charge in [-0.1, -0.05) is 17.7 Å². The van der Waals surface area contributed by atoms with Crippen molar-refractivity contribution in [2.24, 2.45) is 5.92 Å². The number of benzene rings is 1. The number of carbonyl (C=O) groups is 1. The number of rotatable bonds is 7. The molecule has 4 heterocycles. The van der Waals surface area contributed by atoms with Crippen LogP contribution in [0.25, 0.3) is 11.3 Å². The van der Waals surface area contributed by atoms with Crippen LogP contribution in [0.4, 0.5) is 24.8 Å². The average molecular weight is 541 g/mol. The lowest BCUT2D eigenvalue weighted by molar-refractivity contribution is 0.102. The summed E-state index contributed by atoms with van der Waals surface area (Å²) in [4.78, 5) is 32.0. The summed E-state index contributed by atoms with van der Waals surface area (Å²) in [6.07, 6.45) is 8.28. The first kappa shape index (κ1) is 24.3. The minimum absolute atomic E-state index is 0.196. The highest BCUT2D eigenvalue weighted by Gasteiger charge is 2.47. The molecule has 1 saturated heterocycles. The standard InChI is InChI=1S/C25H20ClF3N8O/c26-17-2-1-16(23(28)29)21(22(17)27)18-9-30-10-19(35-18)24(38)34-15-8-33-36(12-15)11-13-6-31-25(32-7-13)37-4-3-14-5-20(14)37/h1-2,6-10,12,14,20,23H,3-5,11H2,(H,34,38). The van der Waals surface area contributed by atoms with E-state index >= 15 is 0 Å². The lowest BCUT2D eigenvalue weighted by Crippen LogP contribution is -2.24. The van der Waals surface area contributed by atoms with Crippen molar-refractivity contribution in [2.75, 3.05) is 16.8 Å². The molecule has 194 valence electrons. The van der Waals surface area contributed by atoms with E-state index in [4.69, 9.17) is 11.6 Å². The van der Waals surface area contributed by atoms with Crippen LogP contribution < -0.4 is 10.2 Å². The van der Waals surface area contributed by atoms with Crippen molar-refractivity contribution in [3.05, 3.63) is 77.0 Å². The van der Waals surface area contributed by atoms with Gasteiger partial charge in [0.15, 0.2) is 5.82 Å². The van der Waals surface area contributed by atoms with Crippen LogP contribution in [0, 0.1) is 11.7 Å². The topological polar surface area (TPSA) is 102 Å². The number of carbonyl (C=O) groups excluding carboxylic acids is 1. The summed E-state index contributed by atoms with van der Waals surface area (Å²) >= 11 is 5.79. The number of piperidine rings is 1. The second-order valence-electron chi connectivity index (χ2n) is 9.23. The Labute approximate surface area is 219 Å². The first-order valence-electron chi connectivity index (χ1n) is 11.9. The molecule has 9 nitrogen and oxygen atoms in total. The maximum absolute atomic E-state index is 14.6. The highest BCUT2D eigenvalue weighted by atomic mass is 35.5. The summed E-state index contributed by atoms with van der Waals surface area (Å²) in [6.45, 7) is 1.38. The molecule has 2 atom stereocenters. The summed E-state index contributed by atoms with van der Waals surface area (Å²) in [5.41, 5.74) is -0.319. The van der Waals surface area contributed by atoms with E-state index in [9.17, 15) is 18.0 Å². The highest BCUT2D eigenvalue weighted by molar-refractivity contribution is 6.31. The van der Waals surface area contributed by atoms with Gasteiger partial charge in [-0.2, -0.15) is 5.10 Å². The van der Waals surface area contributed by atoms with Gasteiger partial charge >= 0.3 is 0 Å². The van der Waals surface area contributed by atoms with Gasteiger partial charge in [-0.3, -0.25) is 14.5 Å². The van der Waals surface area contributed by atoms with Crippen LogP contribution in [0.15, 0.2) is 49.3 Å². The quantitative estimate of drug-likeness (QED) is 0.360. The smallest absolute Gasteiger partial charge is 0.275 e. The zero-order chi connectivity index (χ0) is 26.4. The molecule has 0 radical (unpaired) electrons. The van der Waals surface area contributed by atoms with Crippen LogP contribution in [0.3, 0.4) is 0 Å². The van der Waals surface area contributed by atoms with E-state index in [0.29, 0.717) is 18.3 Å². The third-order valence-corrected chi connectivity index (χ3v) is 6.99. The number of hydrogen-bond donors (Lipinski definition) is 1. The van der Waals surface area contributed by atoms with Gasteiger partial charge in [0.1, 0.15) is 5.69 Å². The van der Waals surface area contributed by atoms with Crippen molar-refractivity contribution in [3.8, 4) is 11.3 Å². The van der Waals surface area contributed by atoms with Crippen LogP contribution in [0.1, 0.15) is 40.9 Å². The van der Waals surface area contributed by atoms with Crippen LogP contribution >= 0.6 is 11.6 Å².